The Labute approximate surface area is 170 Å². The Morgan fingerprint density at radius 3 is 2.68 bits per heavy atom. The first-order valence-corrected chi connectivity index (χ1v) is 9.62. The van der Waals surface area contributed by atoms with E-state index in [1.807, 2.05) is 34.9 Å². The number of aromatic nitrogens is 3. The SMILES string of the molecule is [C-]#[N+]c1ccc(-c2cc3n(c2)Cc2cc(Br)ccc2-n2c(CO)cnc2-3)cc1. The molecule has 5 nitrogen and oxygen atoms in total. The van der Waals surface area contributed by atoms with Crippen molar-refractivity contribution in [2.24, 2.45) is 0 Å². The summed E-state index contributed by atoms with van der Waals surface area (Å²) in [6, 6.07) is 15.9. The van der Waals surface area contributed by atoms with Crippen LogP contribution in [0.3, 0.4) is 0 Å². The Bertz CT molecular complexity index is 1240. The number of nitrogens with zero attached hydrogens (tertiary/aromatic N) is 4. The summed E-state index contributed by atoms with van der Waals surface area (Å²) in [5, 5.41) is 9.83. The van der Waals surface area contributed by atoms with Crippen LogP contribution in [0.25, 0.3) is 33.2 Å². The number of aliphatic hydroxyl groups is 1. The van der Waals surface area contributed by atoms with Gasteiger partial charge in [0.05, 0.1) is 36.5 Å². The lowest BCUT2D eigenvalue weighted by atomic mass is 10.1. The second-order valence-electron chi connectivity index (χ2n) is 6.74. The molecule has 1 aliphatic heterocycles. The number of rotatable bonds is 2. The summed E-state index contributed by atoms with van der Waals surface area (Å²) in [7, 11) is 0. The number of fused-ring (bicyclic) bond motifs is 5. The molecular weight excluding hydrogens is 416 g/mol. The molecule has 2 aromatic carbocycles. The van der Waals surface area contributed by atoms with Crippen LogP contribution in [0.1, 0.15) is 11.3 Å². The Hall–Kier alpha value is -3.14. The van der Waals surface area contributed by atoms with Crippen molar-refractivity contribution in [3.63, 3.8) is 0 Å². The fraction of sp³-hybridized carbons (Fsp3) is 0.0909. The van der Waals surface area contributed by atoms with Crippen molar-refractivity contribution in [3.05, 3.63) is 88.1 Å². The maximum Gasteiger partial charge on any atom is 0.187 e. The van der Waals surface area contributed by atoms with Crippen molar-refractivity contribution in [1.82, 2.24) is 14.1 Å². The third kappa shape index (κ3) is 2.60. The minimum absolute atomic E-state index is 0.0752. The third-order valence-electron chi connectivity index (χ3n) is 5.08. The molecule has 1 aliphatic rings. The van der Waals surface area contributed by atoms with Crippen LogP contribution >= 0.6 is 15.9 Å². The molecule has 5 rings (SSSR count). The van der Waals surface area contributed by atoms with Crippen LogP contribution in [-0.4, -0.2) is 19.2 Å². The van der Waals surface area contributed by atoms with Gasteiger partial charge >= 0.3 is 0 Å². The fourth-order valence-electron chi connectivity index (χ4n) is 3.75. The van der Waals surface area contributed by atoms with Crippen molar-refractivity contribution in [1.29, 1.82) is 0 Å². The van der Waals surface area contributed by atoms with E-state index in [0.29, 0.717) is 12.2 Å². The van der Waals surface area contributed by atoms with E-state index >= 15 is 0 Å². The second-order valence-corrected chi connectivity index (χ2v) is 7.66. The van der Waals surface area contributed by atoms with Gasteiger partial charge in [0.25, 0.3) is 0 Å². The minimum atomic E-state index is -0.0752. The van der Waals surface area contributed by atoms with Crippen LogP contribution in [-0.2, 0) is 13.2 Å². The van der Waals surface area contributed by atoms with Crippen molar-refractivity contribution in [3.8, 4) is 28.3 Å². The van der Waals surface area contributed by atoms with Gasteiger partial charge < -0.3 is 9.67 Å². The summed E-state index contributed by atoms with van der Waals surface area (Å²) in [4.78, 5) is 8.08. The molecule has 0 spiro atoms. The summed E-state index contributed by atoms with van der Waals surface area (Å²) in [5.74, 6) is 0.814. The fourth-order valence-corrected chi connectivity index (χ4v) is 4.15. The van der Waals surface area contributed by atoms with E-state index in [9.17, 15) is 5.11 Å². The molecule has 0 amide bonds. The van der Waals surface area contributed by atoms with Crippen LogP contribution in [0.4, 0.5) is 5.69 Å². The highest BCUT2D eigenvalue weighted by Gasteiger charge is 2.23. The van der Waals surface area contributed by atoms with Gasteiger partial charge in [-0.1, -0.05) is 40.2 Å². The van der Waals surface area contributed by atoms with Crippen molar-refractivity contribution < 1.29 is 5.11 Å². The second kappa shape index (κ2) is 6.48. The first-order valence-electron chi connectivity index (χ1n) is 8.82. The van der Waals surface area contributed by atoms with Crippen LogP contribution < -0.4 is 0 Å². The zero-order chi connectivity index (χ0) is 19.3. The molecule has 0 aliphatic carbocycles. The quantitative estimate of drug-likeness (QED) is 0.392. The van der Waals surface area contributed by atoms with Gasteiger partial charge in [0.1, 0.15) is 0 Å². The largest absolute Gasteiger partial charge is 0.390 e. The molecule has 28 heavy (non-hydrogen) atoms. The van der Waals surface area contributed by atoms with Gasteiger partial charge in [0.2, 0.25) is 0 Å². The number of hydrogen-bond acceptors (Lipinski definition) is 2. The molecule has 1 N–H and O–H groups in total. The standard InChI is InChI=1S/C22H15BrN4O/c1-24-18-5-2-14(3-6-18)15-9-21-22-25-10-19(13-28)27(22)20-7-4-17(23)8-16(20)12-26(21)11-15/h2-11,28H,12-13H2. The molecule has 0 radical (unpaired) electrons. The van der Waals surface area contributed by atoms with Gasteiger partial charge in [0.15, 0.2) is 11.5 Å². The predicted molar refractivity (Wildman–Crippen MR) is 111 cm³/mol. The zero-order valence-electron chi connectivity index (χ0n) is 14.8. The molecule has 136 valence electrons. The molecule has 0 unspecified atom stereocenters. The lowest BCUT2D eigenvalue weighted by Crippen LogP contribution is -2.03. The van der Waals surface area contributed by atoms with Gasteiger partial charge in [-0.15, -0.1) is 0 Å². The zero-order valence-corrected chi connectivity index (χ0v) is 16.4. The molecule has 0 saturated heterocycles. The van der Waals surface area contributed by atoms with Gasteiger partial charge in [-0.25, -0.2) is 9.83 Å². The monoisotopic (exact) mass is 430 g/mol. The average Bonchev–Trinajstić information content (AvgIpc) is 3.29. The lowest BCUT2D eigenvalue weighted by Gasteiger charge is -2.12. The predicted octanol–water partition coefficient (Wildman–Crippen LogP) is 5.18. The Morgan fingerprint density at radius 1 is 1.11 bits per heavy atom. The van der Waals surface area contributed by atoms with Gasteiger partial charge in [-0.05, 0) is 35.4 Å². The summed E-state index contributed by atoms with van der Waals surface area (Å²) in [6.07, 6.45) is 3.85. The van der Waals surface area contributed by atoms with E-state index in [1.54, 1.807) is 6.20 Å². The van der Waals surface area contributed by atoms with E-state index in [0.717, 1.165) is 44.1 Å². The topological polar surface area (TPSA) is 47.3 Å². The first kappa shape index (κ1) is 17.0. The highest BCUT2D eigenvalue weighted by molar-refractivity contribution is 9.10. The summed E-state index contributed by atoms with van der Waals surface area (Å²) in [5.41, 5.74) is 6.70. The molecule has 0 saturated carbocycles. The van der Waals surface area contributed by atoms with Gasteiger partial charge in [0, 0.05) is 22.8 Å². The summed E-state index contributed by atoms with van der Waals surface area (Å²) < 4.78 is 5.24. The number of imidazole rings is 1. The van der Waals surface area contributed by atoms with E-state index in [1.165, 1.54) is 0 Å². The van der Waals surface area contributed by atoms with E-state index in [4.69, 9.17) is 6.57 Å². The highest BCUT2D eigenvalue weighted by atomic mass is 79.9. The van der Waals surface area contributed by atoms with Gasteiger partial charge in [-0.2, -0.15) is 0 Å². The lowest BCUT2D eigenvalue weighted by molar-refractivity contribution is 0.275. The van der Waals surface area contributed by atoms with Crippen LogP contribution in [0.15, 0.2) is 65.4 Å². The maximum absolute atomic E-state index is 9.83. The van der Waals surface area contributed by atoms with Crippen LogP contribution in [0.2, 0.25) is 0 Å². The Morgan fingerprint density at radius 2 is 1.93 bits per heavy atom. The molecular formula is C22H15BrN4O. The van der Waals surface area contributed by atoms with Crippen molar-refractivity contribution >= 4 is 21.6 Å². The first-order chi connectivity index (χ1) is 13.7. The smallest absolute Gasteiger partial charge is 0.187 e. The summed E-state index contributed by atoms with van der Waals surface area (Å²) in [6.45, 7) is 7.75. The minimum Gasteiger partial charge on any atom is -0.390 e. The summed E-state index contributed by atoms with van der Waals surface area (Å²) >= 11 is 3.57. The Kier molecular flexibility index (Phi) is 3.93. The molecule has 0 bridgehead atoms. The highest BCUT2D eigenvalue weighted by Crippen LogP contribution is 2.36. The number of halogens is 1. The third-order valence-corrected chi connectivity index (χ3v) is 5.57. The van der Waals surface area contributed by atoms with Crippen LogP contribution in [0.5, 0.6) is 0 Å². The number of benzene rings is 2. The van der Waals surface area contributed by atoms with E-state index < -0.39 is 0 Å². The Balaban J connectivity index is 1.72. The normalized spacial score (nSPS) is 11.9. The molecule has 0 atom stereocenters. The molecule has 6 heteroatoms. The number of aliphatic hydroxyl groups excluding tert-OH is 1. The average molecular weight is 431 g/mol. The van der Waals surface area contributed by atoms with E-state index in [2.05, 4.69) is 54.7 Å². The van der Waals surface area contributed by atoms with Crippen LogP contribution in [0, 0.1) is 6.57 Å². The molecule has 0 fully saturated rings. The van der Waals surface area contributed by atoms with Crippen molar-refractivity contribution in [2.45, 2.75) is 13.2 Å². The van der Waals surface area contributed by atoms with Crippen molar-refractivity contribution in [2.75, 3.05) is 0 Å². The molecule has 3 heterocycles. The number of hydrogen-bond donors (Lipinski definition) is 1. The molecule has 4 aromatic rings. The van der Waals surface area contributed by atoms with E-state index in [-0.39, 0.29) is 6.61 Å². The maximum atomic E-state index is 9.83. The van der Waals surface area contributed by atoms with Gasteiger partial charge in [-0.3, -0.25) is 4.57 Å². The molecule has 2 aromatic heterocycles.